The van der Waals surface area contributed by atoms with Crippen molar-refractivity contribution in [2.24, 2.45) is 0 Å². The maximum absolute atomic E-state index is 4.83. The van der Waals surface area contributed by atoms with Crippen LogP contribution in [0, 0.1) is 0 Å². The smallest absolute Gasteiger partial charge is 0.110 e. The number of thiazole rings is 1. The van der Waals surface area contributed by atoms with Gasteiger partial charge in [0, 0.05) is 6.20 Å². The molecule has 0 aliphatic carbocycles. The molecular weight excluding hydrogens is 237 g/mol. The highest BCUT2D eigenvalue weighted by Crippen LogP contribution is 2.07. The molecule has 0 spiro atoms. The van der Waals surface area contributed by atoms with Crippen LogP contribution in [-0.4, -0.2) is 4.98 Å². The van der Waals surface area contributed by atoms with E-state index in [-0.39, 0.29) is 0 Å². The summed E-state index contributed by atoms with van der Waals surface area (Å²) < 4.78 is 4.83. The lowest BCUT2D eigenvalue weighted by Crippen LogP contribution is -1.73. The highest BCUT2D eigenvalue weighted by atomic mass is 127. The predicted molar refractivity (Wildman–Crippen MR) is 40.9 cm³/mol. The topological polar surface area (TPSA) is 22.1 Å². The van der Waals surface area contributed by atoms with Crippen molar-refractivity contribution < 1.29 is 3.07 Å². The third-order valence-electron chi connectivity index (χ3n) is 0.680. The van der Waals surface area contributed by atoms with Crippen LogP contribution in [0.25, 0.3) is 0 Å². The molecule has 1 aromatic heterocycles. The molecule has 0 N–H and O–H groups in total. The average molecular weight is 241 g/mol. The maximum atomic E-state index is 4.83. The van der Waals surface area contributed by atoms with Gasteiger partial charge in [0.15, 0.2) is 0 Å². The molecule has 1 aromatic rings. The standard InChI is InChI=1S/C4H4INOS/c5-7-2-4-1-6-3-8-4/h1,3H,2H2. The Morgan fingerprint density at radius 1 is 1.88 bits per heavy atom. The molecule has 1 heterocycles. The highest BCUT2D eigenvalue weighted by molar-refractivity contribution is 14.1. The Bertz CT molecular complexity index is 142. The first-order valence-electron chi connectivity index (χ1n) is 2.04. The quantitative estimate of drug-likeness (QED) is 0.739. The normalized spacial score (nSPS) is 9.62. The van der Waals surface area contributed by atoms with E-state index in [2.05, 4.69) is 4.98 Å². The zero-order valence-corrected chi connectivity index (χ0v) is 6.98. The molecule has 0 bridgehead atoms. The van der Waals surface area contributed by atoms with Gasteiger partial charge in [0.25, 0.3) is 0 Å². The molecule has 8 heavy (non-hydrogen) atoms. The van der Waals surface area contributed by atoms with Crippen LogP contribution in [0.2, 0.25) is 0 Å². The molecule has 0 radical (unpaired) electrons. The van der Waals surface area contributed by atoms with Gasteiger partial charge >= 0.3 is 0 Å². The van der Waals surface area contributed by atoms with Gasteiger partial charge < -0.3 is 3.07 Å². The molecule has 1 rings (SSSR count). The lowest BCUT2D eigenvalue weighted by molar-refractivity contribution is 0.423. The van der Waals surface area contributed by atoms with Gasteiger partial charge in [-0.05, 0) is 0 Å². The van der Waals surface area contributed by atoms with E-state index in [1.165, 1.54) is 4.88 Å². The summed E-state index contributed by atoms with van der Waals surface area (Å²) >= 11 is 3.47. The number of nitrogens with zero attached hydrogens (tertiary/aromatic N) is 1. The predicted octanol–water partition coefficient (Wildman–Crippen LogP) is 2.01. The molecule has 4 heteroatoms. The minimum absolute atomic E-state index is 0.672. The van der Waals surface area contributed by atoms with Gasteiger partial charge in [-0.2, -0.15) is 0 Å². The van der Waals surface area contributed by atoms with Crippen LogP contribution in [0.1, 0.15) is 4.88 Å². The first kappa shape index (κ1) is 6.44. The van der Waals surface area contributed by atoms with Crippen LogP contribution in [0.3, 0.4) is 0 Å². The Balaban J connectivity index is 2.50. The highest BCUT2D eigenvalue weighted by Gasteiger charge is 1.89. The lowest BCUT2D eigenvalue weighted by atomic mass is 10.6. The van der Waals surface area contributed by atoms with Crippen molar-refractivity contribution in [3.8, 4) is 0 Å². The van der Waals surface area contributed by atoms with Gasteiger partial charge in [-0.3, -0.25) is 4.98 Å². The fraction of sp³-hybridized carbons (Fsp3) is 0.250. The van der Waals surface area contributed by atoms with Crippen LogP contribution in [0.15, 0.2) is 11.7 Å². The van der Waals surface area contributed by atoms with Crippen molar-refractivity contribution in [1.29, 1.82) is 0 Å². The lowest BCUT2D eigenvalue weighted by Gasteiger charge is -1.85. The summed E-state index contributed by atoms with van der Waals surface area (Å²) in [6.07, 6.45) is 1.81. The van der Waals surface area contributed by atoms with E-state index >= 15 is 0 Å². The Kier molecular flexibility index (Phi) is 2.71. The Morgan fingerprint density at radius 3 is 3.25 bits per heavy atom. The molecular formula is C4H4INOS. The van der Waals surface area contributed by atoms with Gasteiger partial charge in [-0.15, -0.1) is 11.3 Å². The van der Waals surface area contributed by atoms with Crippen LogP contribution in [0.5, 0.6) is 0 Å². The van der Waals surface area contributed by atoms with Crippen molar-refractivity contribution in [2.75, 3.05) is 0 Å². The molecule has 0 fully saturated rings. The number of hydrogen-bond donors (Lipinski definition) is 0. The molecule has 0 atom stereocenters. The van der Waals surface area contributed by atoms with Crippen LogP contribution in [0.4, 0.5) is 0 Å². The van der Waals surface area contributed by atoms with Gasteiger partial charge in [-0.1, -0.05) is 0 Å². The molecule has 0 aliphatic heterocycles. The van der Waals surface area contributed by atoms with Gasteiger partial charge in [0.2, 0.25) is 0 Å². The van der Waals surface area contributed by atoms with Crippen molar-refractivity contribution in [1.82, 2.24) is 4.98 Å². The summed E-state index contributed by atoms with van der Waals surface area (Å²) in [6, 6.07) is 0. The van der Waals surface area contributed by atoms with Crippen molar-refractivity contribution >= 4 is 34.3 Å². The van der Waals surface area contributed by atoms with E-state index in [0.717, 1.165) is 0 Å². The molecule has 0 aliphatic rings. The van der Waals surface area contributed by atoms with E-state index in [1.54, 1.807) is 16.8 Å². The molecule has 44 valence electrons. The Hall–Kier alpha value is 0.320. The second kappa shape index (κ2) is 3.37. The maximum Gasteiger partial charge on any atom is 0.110 e. The summed E-state index contributed by atoms with van der Waals surface area (Å²) in [5.74, 6) is 0. The van der Waals surface area contributed by atoms with E-state index < -0.39 is 0 Å². The van der Waals surface area contributed by atoms with E-state index in [0.29, 0.717) is 6.61 Å². The van der Waals surface area contributed by atoms with Crippen LogP contribution < -0.4 is 0 Å². The van der Waals surface area contributed by atoms with Gasteiger partial charge in [-0.25, -0.2) is 0 Å². The number of hydrogen-bond acceptors (Lipinski definition) is 3. The fourth-order valence-electron chi connectivity index (χ4n) is 0.367. The van der Waals surface area contributed by atoms with Crippen LogP contribution >= 0.6 is 34.3 Å². The number of aromatic nitrogens is 1. The summed E-state index contributed by atoms with van der Waals surface area (Å²) in [6.45, 7) is 0.672. The molecule has 2 nitrogen and oxygen atoms in total. The summed E-state index contributed by atoms with van der Waals surface area (Å²) in [5.41, 5.74) is 1.80. The summed E-state index contributed by atoms with van der Waals surface area (Å²) in [5, 5.41) is 0. The Labute approximate surface area is 65.6 Å². The summed E-state index contributed by atoms with van der Waals surface area (Å²) in [7, 11) is 0. The SMILES string of the molecule is IOCc1cncs1. The largest absolute Gasteiger partial charge is 0.310 e. The minimum Gasteiger partial charge on any atom is -0.310 e. The summed E-state index contributed by atoms with van der Waals surface area (Å²) in [4.78, 5) is 5.04. The van der Waals surface area contributed by atoms with Crippen LogP contribution in [-0.2, 0) is 9.67 Å². The van der Waals surface area contributed by atoms with Crippen molar-refractivity contribution in [3.63, 3.8) is 0 Å². The number of rotatable bonds is 2. The van der Waals surface area contributed by atoms with E-state index in [1.807, 2.05) is 29.2 Å². The molecule has 0 saturated carbocycles. The van der Waals surface area contributed by atoms with Gasteiger partial charge in [0.1, 0.15) is 23.0 Å². The Morgan fingerprint density at radius 2 is 2.75 bits per heavy atom. The molecule has 0 saturated heterocycles. The number of halogens is 1. The zero-order valence-electron chi connectivity index (χ0n) is 4.00. The van der Waals surface area contributed by atoms with E-state index in [9.17, 15) is 0 Å². The van der Waals surface area contributed by atoms with E-state index in [4.69, 9.17) is 3.07 Å². The monoisotopic (exact) mass is 241 g/mol. The molecule has 0 unspecified atom stereocenters. The second-order valence-corrected chi connectivity index (χ2v) is 2.81. The average Bonchev–Trinajstić information content (AvgIpc) is 2.19. The fourth-order valence-corrected chi connectivity index (χ4v) is 1.42. The molecule has 0 amide bonds. The third kappa shape index (κ3) is 1.68. The second-order valence-electron chi connectivity index (χ2n) is 1.22. The first-order valence-corrected chi connectivity index (χ1v) is 3.80. The third-order valence-corrected chi connectivity index (χ3v) is 1.74. The first-order chi connectivity index (χ1) is 3.93. The molecule has 0 aromatic carbocycles. The minimum atomic E-state index is 0.672. The van der Waals surface area contributed by atoms with Gasteiger partial charge in [0.05, 0.1) is 17.0 Å². The van der Waals surface area contributed by atoms with Crippen molar-refractivity contribution in [2.45, 2.75) is 6.61 Å². The van der Waals surface area contributed by atoms with Crippen molar-refractivity contribution in [3.05, 3.63) is 16.6 Å². The zero-order chi connectivity index (χ0) is 5.82.